The van der Waals surface area contributed by atoms with Crippen LogP contribution in [0.3, 0.4) is 0 Å². The average Bonchev–Trinajstić information content (AvgIpc) is 2.08. The van der Waals surface area contributed by atoms with E-state index in [9.17, 15) is 9.59 Å². The van der Waals surface area contributed by atoms with Gasteiger partial charge in [0.2, 0.25) is 5.91 Å². The van der Waals surface area contributed by atoms with Crippen molar-refractivity contribution in [3.63, 3.8) is 0 Å². The quantitative estimate of drug-likeness (QED) is 0.645. The molecule has 70 valence electrons. The normalized spacial score (nSPS) is 22.5. The fourth-order valence-electron chi connectivity index (χ4n) is 1.27. The lowest BCUT2D eigenvalue weighted by Gasteiger charge is -2.16. The van der Waals surface area contributed by atoms with Gasteiger partial charge >= 0.3 is 0 Å². The first-order valence-corrected chi connectivity index (χ1v) is 4.51. The topological polar surface area (TPSA) is 60.2 Å². The Morgan fingerprint density at radius 2 is 2.08 bits per heavy atom. The van der Waals surface area contributed by atoms with Crippen LogP contribution in [-0.2, 0) is 9.59 Å². The first kappa shape index (κ1) is 11.1. The molecule has 1 unspecified atom stereocenters. The third-order valence-electron chi connectivity index (χ3n) is 1.88. The van der Waals surface area contributed by atoms with Crippen LogP contribution in [0, 0.1) is 5.92 Å². The summed E-state index contributed by atoms with van der Waals surface area (Å²) in [5, 5.41) is 0. The van der Waals surface area contributed by atoms with Crippen LogP contribution in [0.25, 0.3) is 0 Å². The van der Waals surface area contributed by atoms with Crippen molar-refractivity contribution in [2.75, 3.05) is 0 Å². The zero-order valence-electron chi connectivity index (χ0n) is 7.80. The molecule has 1 amide bonds. The van der Waals surface area contributed by atoms with E-state index in [0.29, 0.717) is 12.8 Å². The lowest BCUT2D eigenvalue weighted by Crippen LogP contribution is -2.28. The van der Waals surface area contributed by atoms with E-state index < -0.39 is 0 Å². The molecule has 0 aromatic carbocycles. The van der Waals surface area contributed by atoms with E-state index in [-0.39, 0.29) is 17.6 Å². The minimum atomic E-state index is -0.326. The van der Waals surface area contributed by atoms with Crippen LogP contribution in [0.1, 0.15) is 39.5 Å². The molecule has 3 nitrogen and oxygen atoms in total. The number of amides is 1. The lowest BCUT2D eigenvalue weighted by molar-refractivity contribution is -0.129. The highest BCUT2D eigenvalue weighted by atomic mass is 16.1. The predicted molar refractivity (Wildman–Crippen MR) is 47.5 cm³/mol. The number of hydrogen-bond acceptors (Lipinski definition) is 2. The highest BCUT2D eigenvalue weighted by molar-refractivity contribution is 5.87. The first-order valence-electron chi connectivity index (χ1n) is 4.51. The average molecular weight is 171 g/mol. The van der Waals surface area contributed by atoms with Crippen molar-refractivity contribution in [2.45, 2.75) is 39.5 Å². The zero-order chi connectivity index (χ0) is 9.56. The summed E-state index contributed by atoms with van der Waals surface area (Å²) in [6.45, 7) is 4.00. The molecular formula is C9H17NO2. The van der Waals surface area contributed by atoms with E-state index in [2.05, 4.69) is 0 Å². The molecule has 1 rings (SSSR count). The Morgan fingerprint density at radius 3 is 2.42 bits per heavy atom. The summed E-state index contributed by atoms with van der Waals surface area (Å²) in [5.41, 5.74) is 5.04. The summed E-state index contributed by atoms with van der Waals surface area (Å²) in [5.74, 6) is -0.329. The molecule has 0 saturated heterocycles. The third kappa shape index (κ3) is 3.51. The molecule has 1 aliphatic rings. The molecule has 0 spiro atoms. The van der Waals surface area contributed by atoms with Crippen molar-refractivity contribution in [3.8, 4) is 0 Å². The smallest absolute Gasteiger partial charge is 0.220 e. The van der Waals surface area contributed by atoms with Crippen molar-refractivity contribution >= 4 is 11.7 Å². The van der Waals surface area contributed by atoms with Gasteiger partial charge in [0.15, 0.2) is 0 Å². The van der Waals surface area contributed by atoms with Gasteiger partial charge in [-0.1, -0.05) is 13.8 Å². The van der Waals surface area contributed by atoms with Gasteiger partial charge in [0, 0.05) is 18.8 Å². The maximum atomic E-state index is 10.8. The molecule has 1 saturated carbocycles. The standard InChI is InChI=1S/C7H11NO2.C2H6/c8-7(10)5-2-1-3-6(9)4-5;1-2/h5H,1-4H2,(H2,8,10);1-2H3. The molecule has 0 aromatic heterocycles. The first-order chi connectivity index (χ1) is 5.70. The van der Waals surface area contributed by atoms with Crippen molar-refractivity contribution in [3.05, 3.63) is 0 Å². The van der Waals surface area contributed by atoms with Gasteiger partial charge in [-0.3, -0.25) is 9.59 Å². The van der Waals surface area contributed by atoms with Crippen LogP contribution in [0.4, 0.5) is 0 Å². The van der Waals surface area contributed by atoms with E-state index in [1.807, 2.05) is 13.8 Å². The highest BCUT2D eigenvalue weighted by Crippen LogP contribution is 2.20. The van der Waals surface area contributed by atoms with Crippen LogP contribution in [0.5, 0.6) is 0 Å². The maximum absolute atomic E-state index is 10.8. The molecule has 3 heteroatoms. The number of rotatable bonds is 1. The number of nitrogens with two attached hydrogens (primary N) is 1. The molecule has 0 heterocycles. The van der Waals surface area contributed by atoms with Crippen molar-refractivity contribution in [1.29, 1.82) is 0 Å². The van der Waals surface area contributed by atoms with E-state index in [1.54, 1.807) is 0 Å². The number of carbonyl (C=O) groups is 2. The van der Waals surface area contributed by atoms with Gasteiger partial charge in [0.05, 0.1) is 0 Å². The maximum Gasteiger partial charge on any atom is 0.220 e. The van der Waals surface area contributed by atoms with E-state index >= 15 is 0 Å². The second kappa shape index (κ2) is 5.75. The zero-order valence-corrected chi connectivity index (χ0v) is 7.80. The minimum absolute atomic E-state index is 0.176. The van der Waals surface area contributed by atoms with Crippen LogP contribution in [0.15, 0.2) is 0 Å². The number of carbonyl (C=O) groups excluding carboxylic acids is 2. The molecule has 0 aliphatic heterocycles. The van der Waals surface area contributed by atoms with Gasteiger partial charge in [-0.2, -0.15) is 0 Å². The monoisotopic (exact) mass is 171 g/mol. The Balaban J connectivity index is 0.000000561. The number of ketones is 1. The van der Waals surface area contributed by atoms with Crippen molar-refractivity contribution in [1.82, 2.24) is 0 Å². The van der Waals surface area contributed by atoms with Gasteiger partial charge in [-0.05, 0) is 12.8 Å². The summed E-state index contributed by atoms with van der Waals surface area (Å²) in [6, 6.07) is 0. The van der Waals surface area contributed by atoms with E-state index in [1.165, 1.54) is 0 Å². The second-order valence-corrected chi connectivity index (χ2v) is 2.73. The molecule has 12 heavy (non-hydrogen) atoms. The van der Waals surface area contributed by atoms with E-state index in [0.717, 1.165) is 12.8 Å². The Bertz CT molecular complexity index is 164. The van der Waals surface area contributed by atoms with Gasteiger partial charge in [0.1, 0.15) is 5.78 Å². The van der Waals surface area contributed by atoms with Crippen LogP contribution >= 0.6 is 0 Å². The predicted octanol–water partition coefficient (Wildman–Crippen LogP) is 1.26. The minimum Gasteiger partial charge on any atom is -0.369 e. The molecule has 2 N–H and O–H groups in total. The Morgan fingerprint density at radius 1 is 1.50 bits per heavy atom. The SMILES string of the molecule is CC.NC(=O)C1CCCC(=O)C1. The van der Waals surface area contributed by atoms with Crippen LogP contribution < -0.4 is 5.73 Å². The molecule has 1 atom stereocenters. The molecule has 0 aromatic rings. The Kier molecular flexibility index (Phi) is 5.34. The number of hydrogen-bond donors (Lipinski definition) is 1. The van der Waals surface area contributed by atoms with Crippen molar-refractivity contribution < 1.29 is 9.59 Å². The van der Waals surface area contributed by atoms with Gasteiger partial charge in [0.25, 0.3) is 0 Å². The molecule has 0 radical (unpaired) electrons. The van der Waals surface area contributed by atoms with Gasteiger partial charge in [-0.15, -0.1) is 0 Å². The molecular weight excluding hydrogens is 154 g/mol. The summed E-state index contributed by atoms with van der Waals surface area (Å²) in [6.07, 6.45) is 2.62. The van der Waals surface area contributed by atoms with Crippen LogP contribution in [0.2, 0.25) is 0 Å². The largest absolute Gasteiger partial charge is 0.369 e. The van der Waals surface area contributed by atoms with Crippen molar-refractivity contribution in [2.24, 2.45) is 11.7 Å². The fourth-order valence-corrected chi connectivity index (χ4v) is 1.27. The Hall–Kier alpha value is -0.860. The lowest BCUT2D eigenvalue weighted by atomic mass is 9.88. The Labute approximate surface area is 73.3 Å². The molecule has 0 bridgehead atoms. The molecule has 1 aliphatic carbocycles. The summed E-state index contributed by atoms with van der Waals surface area (Å²) >= 11 is 0. The summed E-state index contributed by atoms with van der Waals surface area (Å²) in [4.78, 5) is 21.3. The number of Topliss-reactive ketones (excluding diaryl/α,β-unsaturated/α-hetero) is 1. The third-order valence-corrected chi connectivity index (χ3v) is 1.88. The van der Waals surface area contributed by atoms with Crippen LogP contribution in [-0.4, -0.2) is 11.7 Å². The number of primary amides is 1. The van der Waals surface area contributed by atoms with Gasteiger partial charge < -0.3 is 5.73 Å². The fraction of sp³-hybridized carbons (Fsp3) is 0.778. The second-order valence-electron chi connectivity index (χ2n) is 2.73. The highest BCUT2D eigenvalue weighted by Gasteiger charge is 2.23. The molecule has 1 fully saturated rings. The van der Waals surface area contributed by atoms with E-state index in [4.69, 9.17) is 5.73 Å². The van der Waals surface area contributed by atoms with Gasteiger partial charge in [-0.25, -0.2) is 0 Å². The summed E-state index contributed by atoms with van der Waals surface area (Å²) < 4.78 is 0. The summed E-state index contributed by atoms with van der Waals surface area (Å²) in [7, 11) is 0.